The monoisotopic (exact) mass is 385 g/mol. The van der Waals surface area contributed by atoms with E-state index in [-0.39, 0.29) is 17.1 Å². The molecule has 3 aromatic rings. The van der Waals surface area contributed by atoms with Crippen LogP contribution in [0.15, 0.2) is 24.3 Å². The molecule has 27 heavy (non-hydrogen) atoms. The molecule has 0 spiro atoms. The molecule has 0 amide bonds. The first-order valence-electron chi connectivity index (χ1n) is 8.43. The number of nitrogens with one attached hydrogen (secondary N) is 1. The van der Waals surface area contributed by atoms with Gasteiger partial charge in [0.05, 0.1) is 24.8 Å². The minimum Gasteiger partial charge on any atom is -0.477 e. The Kier molecular flexibility index (Phi) is 4.56. The van der Waals surface area contributed by atoms with Gasteiger partial charge in [-0.3, -0.25) is 0 Å². The number of carboxylic acids is 1. The standard InChI is InChI=1S/C19H16FN3O3S/c1-21-16-14(10-13-9-11-8-12(20)2-3-15(11)22-13)17(19(24)25)27-18(16)23-4-6-26-7-5-23/h2-3,8-9,22H,4-7,10H2,(H,24,25). The third-order valence-corrected chi connectivity index (χ3v) is 5.84. The number of benzene rings is 1. The normalized spacial score (nSPS) is 14.4. The maximum atomic E-state index is 13.4. The second-order valence-corrected chi connectivity index (χ2v) is 7.28. The van der Waals surface area contributed by atoms with Crippen LogP contribution in [0.1, 0.15) is 20.9 Å². The molecule has 138 valence electrons. The van der Waals surface area contributed by atoms with Gasteiger partial charge in [0, 0.05) is 36.1 Å². The average Bonchev–Trinajstić information content (AvgIpc) is 3.23. The number of thiophene rings is 1. The third kappa shape index (κ3) is 3.27. The molecule has 0 atom stereocenters. The van der Waals surface area contributed by atoms with E-state index in [1.807, 2.05) is 4.90 Å². The summed E-state index contributed by atoms with van der Waals surface area (Å²) in [5.74, 6) is -1.37. The fourth-order valence-corrected chi connectivity index (χ4v) is 4.48. The van der Waals surface area contributed by atoms with Crippen LogP contribution in [0.4, 0.5) is 15.1 Å². The largest absolute Gasteiger partial charge is 0.477 e. The van der Waals surface area contributed by atoms with Crippen molar-refractivity contribution in [2.75, 3.05) is 31.2 Å². The number of hydrogen-bond donors (Lipinski definition) is 2. The SMILES string of the molecule is [C-]#[N+]c1c(N2CCOCC2)sc(C(=O)O)c1Cc1cc2cc(F)ccc2[nH]1. The van der Waals surface area contributed by atoms with E-state index in [9.17, 15) is 14.3 Å². The molecule has 1 aliphatic rings. The Hall–Kier alpha value is -2.89. The lowest BCUT2D eigenvalue weighted by Gasteiger charge is -2.28. The topological polar surface area (TPSA) is 69.9 Å². The summed E-state index contributed by atoms with van der Waals surface area (Å²) in [4.78, 5) is 20.8. The Labute approximate surface area is 158 Å². The second-order valence-electron chi connectivity index (χ2n) is 6.28. The van der Waals surface area contributed by atoms with Gasteiger partial charge in [-0.2, -0.15) is 0 Å². The van der Waals surface area contributed by atoms with E-state index in [0.717, 1.165) is 27.9 Å². The number of carbonyl (C=O) groups is 1. The van der Waals surface area contributed by atoms with Crippen LogP contribution < -0.4 is 4.90 Å². The molecule has 1 aromatic carbocycles. The molecule has 0 radical (unpaired) electrons. The molecule has 2 N–H and O–H groups in total. The zero-order chi connectivity index (χ0) is 19.0. The zero-order valence-electron chi connectivity index (χ0n) is 14.3. The van der Waals surface area contributed by atoms with Crippen molar-refractivity contribution in [3.8, 4) is 0 Å². The number of aromatic amines is 1. The van der Waals surface area contributed by atoms with E-state index >= 15 is 0 Å². The maximum absolute atomic E-state index is 13.4. The third-order valence-electron chi connectivity index (χ3n) is 4.57. The average molecular weight is 385 g/mol. The molecule has 6 nitrogen and oxygen atoms in total. The van der Waals surface area contributed by atoms with Crippen molar-refractivity contribution in [1.29, 1.82) is 0 Å². The highest BCUT2D eigenvalue weighted by Crippen LogP contribution is 2.44. The number of aromatic nitrogens is 1. The molecule has 4 rings (SSSR count). The minimum atomic E-state index is -1.04. The first-order valence-corrected chi connectivity index (χ1v) is 9.24. The van der Waals surface area contributed by atoms with Crippen LogP contribution in [0.2, 0.25) is 0 Å². The molecular weight excluding hydrogens is 369 g/mol. The van der Waals surface area contributed by atoms with Gasteiger partial charge in [0.1, 0.15) is 10.7 Å². The van der Waals surface area contributed by atoms with Gasteiger partial charge in [-0.15, -0.1) is 11.3 Å². The highest BCUT2D eigenvalue weighted by molar-refractivity contribution is 7.18. The maximum Gasteiger partial charge on any atom is 0.344 e. The van der Waals surface area contributed by atoms with Gasteiger partial charge < -0.3 is 19.7 Å². The van der Waals surface area contributed by atoms with Crippen LogP contribution in [0.5, 0.6) is 0 Å². The molecule has 3 heterocycles. The van der Waals surface area contributed by atoms with Crippen LogP contribution in [0, 0.1) is 12.4 Å². The number of halogens is 1. The fourth-order valence-electron chi connectivity index (χ4n) is 3.33. The number of H-pyrrole nitrogens is 1. The molecule has 8 heteroatoms. The van der Waals surface area contributed by atoms with E-state index in [4.69, 9.17) is 11.3 Å². The van der Waals surface area contributed by atoms with Crippen LogP contribution in [0.3, 0.4) is 0 Å². The lowest BCUT2D eigenvalue weighted by molar-refractivity contribution is 0.0701. The second kappa shape index (κ2) is 7.02. The van der Waals surface area contributed by atoms with E-state index < -0.39 is 5.97 Å². The van der Waals surface area contributed by atoms with Gasteiger partial charge in [0.2, 0.25) is 5.69 Å². The summed E-state index contributed by atoms with van der Waals surface area (Å²) in [6.45, 7) is 10.00. The summed E-state index contributed by atoms with van der Waals surface area (Å²) in [5.41, 5.74) is 2.39. The lowest BCUT2D eigenvalue weighted by atomic mass is 10.1. The number of rotatable bonds is 4. The lowest BCUT2D eigenvalue weighted by Crippen LogP contribution is -2.35. The van der Waals surface area contributed by atoms with Crippen LogP contribution >= 0.6 is 11.3 Å². The van der Waals surface area contributed by atoms with Crippen molar-refractivity contribution < 1.29 is 19.0 Å². The van der Waals surface area contributed by atoms with Crippen molar-refractivity contribution in [3.63, 3.8) is 0 Å². The van der Waals surface area contributed by atoms with Gasteiger partial charge in [-0.25, -0.2) is 14.0 Å². The van der Waals surface area contributed by atoms with Crippen molar-refractivity contribution in [1.82, 2.24) is 4.98 Å². The molecular formula is C19H16FN3O3S. The number of nitrogens with zero attached hydrogens (tertiary/aromatic N) is 2. The van der Waals surface area contributed by atoms with Gasteiger partial charge >= 0.3 is 5.97 Å². The predicted molar refractivity (Wildman–Crippen MR) is 102 cm³/mol. The van der Waals surface area contributed by atoms with Gasteiger partial charge in [0.15, 0.2) is 0 Å². The van der Waals surface area contributed by atoms with E-state index in [1.54, 1.807) is 12.1 Å². The van der Waals surface area contributed by atoms with Crippen molar-refractivity contribution in [2.45, 2.75) is 6.42 Å². The first kappa shape index (κ1) is 17.5. The van der Waals surface area contributed by atoms with E-state index in [2.05, 4.69) is 9.83 Å². The fraction of sp³-hybridized carbons (Fsp3) is 0.263. The molecule has 0 bridgehead atoms. The molecule has 2 aromatic heterocycles. The van der Waals surface area contributed by atoms with Gasteiger partial charge in [-0.05, 0) is 29.8 Å². The Morgan fingerprint density at radius 1 is 1.37 bits per heavy atom. The number of anilines is 1. The van der Waals surface area contributed by atoms with Crippen LogP contribution in [-0.2, 0) is 11.2 Å². The minimum absolute atomic E-state index is 0.173. The predicted octanol–water partition coefficient (Wildman–Crippen LogP) is 4.04. The molecule has 0 unspecified atom stereocenters. The van der Waals surface area contributed by atoms with Crippen LogP contribution in [-0.4, -0.2) is 42.4 Å². The highest BCUT2D eigenvalue weighted by atomic mass is 32.1. The summed E-state index contributed by atoms with van der Waals surface area (Å²) in [6.07, 6.45) is 0.274. The molecule has 1 fully saturated rings. The van der Waals surface area contributed by atoms with Crippen molar-refractivity contribution >= 4 is 38.9 Å². The quantitative estimate of drug-likeness (QED) is 0.665. The highest BCUT2D eigenvalue weighted by Gasteiger charge is 2.27. The number of aromatic carboxylic acids is 1. The number of fused-ring (bicyclic) bond motifs is 1. The number of morpholine rings is 1. The van der Waals surface area contributed by atoms with Crippen molar-refractivity contribution in [3.05, 3.63) is 57.6 Å². The number of ether oxygens (including phenoxy) is 1. The Balaban J connectivity index is 1.76. The molecule has 1 aliphatic heterocycles. The Morgan fingerprint density at radius 3 is 2.85 bits per heavy atom. The Bertz CT molecular complexity index is 1060. The van der Waals surface area contributed by atoms with Crippen LogP contribution in [0.25, 0.3) is 15.7 Å². The molecule has 1 saturated heterocycles. The summed E-state index contributed by atoms with van der Waals surface area (Å²) >= 11 is 1.14. The molecule has 0 saturated carbocycles. The van der Waals surface area contributed by atoms with Gasteiger partial charge in [0.25, 0.3) is 0 Å². The summed E-state index contributed by atoms with van der Waals surface area (Å²) in [7, 11) is 0. The van der Waals surface area contributed by atoms with Crippen molar-refractivity contribution in [2.24, 2.45) is 0 Å². The van der Waals surface area contributed by atoms with E-state index in [1.165, 1.54) is 12.1 Å². The molecule has 0 aliphatic carbocycles. The Morgan fingerprint density at radius 2 is 2.15 bits per heavy atom. The number of hydrogen-bond acceptors (Lipinski definition) is 4. The first-order chi connectivity index (χ1) is 13.1. The van der Waals surface area contributed by atoms with Gasteiger partial charge in [-0.1, -0.05) is 0 Å². The summed E-state index contributed by atoms with van der Waals surface area (Å²) < 4.78 is 18.8. The smallest absolute Gasteiger partial charge is 0.344 e. The number of carboxylic acid groups (broad SMARTS) is 1. The zero-order valence-corrected chi connectivity index (χ0v) is 15.1. The summed E-state index contributed by atoms with van der Waals surface area (Å²) in [6, 6.07) is 6.24. The summed E-state index contributed by atoms with van der Waals surface area (Å²) in [5, 5.41) is 11.1. The van der Waals surface area contributed by atoms with E-state index in [0.29, 0.717) is 42.6 Å².